The lowest BCUT2D eigenvalue weighted by Gasteiger charge is -2.14. The largest absolute Gasteiger partial charge is 0.464 e. The molecule has 5 heteroatoms. The number of aryl methyl sites for hydroxylation is 1. The van der Waals surface area contributed by atoms with Gasteiger partial charge in [0.1, 0.15) is 5.58 Å². The highest BCUT2D eigenvalue weighted by molar-refractivity contribution is 5.88. The molecule has 1 heterocycles. The van der Waals surface area contributed by atoms with Crippen LogP contribution in [0.2, 0.25) is 0 Å². The molecule has 1 unspecified atom stereocenters. The van der Waals surface area contributed by atoms with E-state index in [9.17, 15) is 4.79 Å². The summed E-state index contributed by atoms with van der Waals surface area (Å²) in [6.45, 7) is 2.13. The molecule has 1 aromatic carbocycles. The smallest absolute Gasteiger partial charge is 0.224 e. The van der Waals surface area contributed by atoms with Gasteiger partial charge in [0.2, 0.25) is 5.91 Å². The number of aliphatic hydroxyl groups excluding tert-OH is 1. The molecular formula is C15H19NO4. The van der Waals surface area contributed by atoms with Crippen LogP contribution < -0.4 is 5.32 Å². The molecule has 2 N–H and O–H groups in total. The van der Waals surface area contributed by atoms with Crippen LogP contribution >= 0.6 is 0 Å². The van der Waals surface area contributed by atoms with Crippen molar-refractivity contribution in [2.75, 3.05) is 20.3 Å². The summed E-state index contributed by atoms with van der Waals surface area (Å²) in [5.74, 6) is -0.163. The number of methoxy groups -OCH3 is 1. The quantitative estimate of drug-likeness (QED) is 0.837. The Morgan fingerprint density at radius 2 is 2.30 bits per heavy atom. The second-order valence-electron chi connectivity index (χ2n) is 4.84. The van der Waals surface area contributed by atoms with Crippen LogP contribution in [-0.4, -0.2) is 37.4 Å². The van der Waals surface area contributed by atoms with Crippen molar-refractivity contribution in [2.45, 2.75) is 19.4 Å². The van der Waals surface area contributed by atoms with Gasteiger partial charge in [-0.05, 0) is 18.6 Å². The highest BCUT2D eigenvalue weighted by atomic mass is 16.5. The topological polar surface area (TPSA) is 71.7 Å². The van der Waals surface area contributed by atoms with Crippen molar-refractivity contribution in [3.8, 4) is 0 Å². The molecule has 0 aliphatic carbocycles. The van der Waals surface area contributed by atoms with E-state index < -0.39 is 0 Å². The van der Waals surface area contributed by atoms with E-state index in [1.807, 2.05) is 25.1 Å². The Bertz CT molecular complexity index is 591. The minimum absolute atomic E-state index is 0.148. The Labute approximate surface area is 117 Å². The normalized spacial score (nSPS) is 12.6. The summed E-state index contributed by atoms with van der Waals surface area (Å²) < 4.78 is 10.4. The Hall–Kier alpha value is -1.85. The second kappa shape index (κ2) is 6.54. The summed E-state index contributed by atoms with van der Waals surface area (Å²) in [6, 6.07) is 5.50. The van der Waals surface area contributed by atoms with E-state index >= 15 is 0 Å². The predicted octanol–water partition coefficient (Wildman–Crippen LogP) is 1.41. The van der Waals surface area contributed by atoms with Crippen LogP contribution in [-0.2, 0) is 16.0 Å². The van der Waals surface area contributed by atoms with Gasteiger partial charge in [0.25, 0.3) is 0 Å². The maximum atomic E-state index is 11.9. The summed E-state index contributed by atoms with van der Waals surface area (Å²) in [6.07, 6.45) is 1.82. The molecule has 108 valence electrons. The number of ether oxygens (including phenoxy) is 1. The highest BCUT2D eigenvalue weighted by Gasteiger charge is 2.14. The minimum Gasteiger partial charge on any atom is -0.464 e. The number of hydrogen-bond acceptors (Lipinski definition) is 4. The Kier molecular flexibility index (Phi) is 4.76. The van der Waals surface area contributed by atoms with E-state index in [2.05, 4.69) is 5.32 Å². The third kappa shape index (κ3) is 3.37. The summed E-state index contributed by atoms with van der Waals surface area (Å²) >= 11 is 0. The van der Waals surface area contributed by atoms with Crippen molar-refractivity contribution in [2.24, 2.45) is 0 Å². The van der Waals surface area contributed by atoms with Gasteiger partial charge in [-0.3, -0.25) is 4.79 Å². The first-order valence-corrected chi connectivity index (χ1v) is 6.50. The monoisotopic (exact) mass is 277 g/mol. The molecule has 5 nitrogen and oxygen atoms in total. The Morgan fingerprint density at radius 1 is 1.50 bits per heavy atom. The second-order valence-corrected chi connectivity index (χ2v) is 4.84. The number of benzene rings is 1. The minimum atomic E-state index is -0.382. The molecule has 0 saturated heterocycles. The number of nitrogens with one attached hydrogen (secondary N) is 1. The summed E-state index contributed by atoms with van der Waals surface area (Å²) in [5, 5.41) is 12.8. The summed E-state index contributed by atoms with van der Waals surface area (Å²) in [7, 11) is 1.53. The van der Waals surface area contributed by atoms with Crippen molar-refractivity contribution in [1.29, 1.82) is 0 Å². The fraction of sp³-hybridized carbons (Fsp3) is 0.400. The SMILES string of the molecule is COCC(CO)NC(=O)Cc1coc2cc(C)ccc12. The highest BCUT2D eigenvalue weighted by Crippen LogP contribution is 2.22. The number of hydrogen-bond donors (Lipinski definition) is 2. The first kappa shape index (κ1) is 14.6. The van der Waals surface area contributed by atoms with E-state index in [1.54, 1.807) is 6.26 Å². The third-order valence-electron chi connectivity index (χ3n) is 3.12. The number of aliphatic hydroxyl groups is 1. The van der Waals surface area contributed by atoms with Crippen LogP contribution in [0.15, 0.2) is 28.9 Å². The zero-order valence-electron chi connectivity index (χ0n) is 11.7. The lowest BCUT2D eigenvalue weighted by molar-refractivity contribution is -0.121. The number of rotatable bonds is 6. The first-order chi connectivity index (χ1) is 9.63. The summed E-state index contributed by atoms with van der Waals surface area (Å²) in [4.78, 5) is 11.9. The molecule has 0 aliphatic heterocycles. The molecule has 1 amide bonds. The van der Waals surface area contributed by atoms with Gasteiger partial charge in [-0.15, -0.1) is 0 Å². The van der Waals surface area contributed by atoms with Crippen LogP contribution in [0.4, 0.5) is 0 Å². The maximum Gasteiger partial charge on any atom is 0.224 e. The average Bonchev–Trinajstić information content (AvgIpc) is 2.80. The third-order valence-corrected chi connectivity index (χ3v) is 3.12. The van der Waals surface area contributed by atoms with Crippen LogP contribution in [0.3, 0.4) is 0 Å². The number of carbonyl (C=O) groups excluding carboxylic acids is 1. The Balaban J connectivity index is 2.06. The van der Waals surface area contributed by atoms with Gasteiger partial charge < -0.3 is 19.6 Å². The molecule has 2 aromatic rings. The van der Waals surface area contributed by atoms with Crippen molar-refractivity contribution in [3.63, 3.8) is 0 Å². The van der Waals surface area contributed by atoms with E-state index in [1.165, 1.54) is 7.11 Å². The molecule has 0 bridgehead atoms. The van der Waals surface area contributed by atoms with Gasteiger partial charge in [-0.25, -0.2) is 0 Å². The molecule has 0 aliphatic rings. The maximum absolute atomic E-state index is 11.9. The molecule has 1 atom stereocenters. The molecule has 2 rings (SSSR count). The molecule has 0 spiro atoms. The van der Waals surface area contributed by atoms with Crippen molar-refractivity contribution in [3.05, 3.63) is 35.6 Å². The van der Waals surface area contributed by atoms with Crippen molar-refractivity contribution >= 4 is 16.9 Å². The molecule has 20 heavy (non-hydrogen) atoms. The molecule has 0 radical (unpaired) electrons. The van der Waals surface area contributed by atoms with Gasteiger partial charge in [0.05, 0.1) is 31.9 Å². The van der Waals surface area contributed by atoms with E-state index in [4.69, 9.17) is 14.3 Å². The number of furan rings is 1. The summed E-state index contributed by atoms with van der Waals surface area (Å²) in [5.41, 5.74) is 2.73. The van der Waals surface area contributed by atoms with Crippen molar-refractivity contribution < 1.29 is 19.1 Å². The van der Waals surface area contributed by atoms with Gasteiger partial charge >= 0.3 is 0 Å². The van der Waals surface area contributed by atoms with E-state index in [0.29, 0.717) is 0 Å². The van der Waals surface area contributed by atoms with Crippen LogP contribution in [0, 0.1) is 6.92 Å². The van der Waals surface area contributed by atoms with E-state index in [0.717, 1.165) is 22.1 Å². The zero-order valence-corrected chi connectivity index (χ0v) is 11.7. The molecule has 0 saturated carbocycles. The molecule has 0 fully saturated rings. The first-order valence-electron chi connectivity index (χ1n) is 6.50. The fourth-order valence-electron chi connectivity index (χ4n) is 2.12. The predicted molar refractivity (Wildman–Crippen MR) is 75.5 cm³/mol. The van der Waals surface area contributed by atoms with Gasteiger partial charge in [-0.1, -0.05) is 12.1 Å². The average molecular weight is 277 g/mol. The Morgan fingerprint density at radius 3 is 3.00 bits per heavy atom. The van der Waals surface area contributed by atoms with E-state index in [-0.39, 0.29) is 31.6 Å². The van der Waals surface area contributed by atoms with Crippen molar-refractivity contribution in [1.82, 2.24) is 5.32 Å². The van der Waals surface area contributed by atoms with Gasteiger partial charge in [-0.2, -0.15) is 0 Å². The van der Waals surface area contributed by atoms with Crippen LogP contribution in [0.25, 0.3) is 11.0 Å². The number of carbonyl (C=O) groups is 1. The molecule has 1 aromatic heterocycles. The standard InChI is InChI=1S/C15H19NO4/c1-10-3-4-13-11(8-20-14(13)5-10)6-15(18)16-12(7-17)9-19-2/h3-5,8,12,17H,6-7,9H2,1-2H3,(H,16,18). The zero-order chi connectivity index (χ0) is 14.5. The van der Waals surface area contributed by atoms with Crippen LogP contribution in [0.5, 0.6) is 0 Å². The van der Waals surface area contributed by atoms with Gasteiger partial charge in [0.15, 0.2) is 0 Å². The fourth-order valence-corrected chi connectivity index (χ4v) is 2.12. The van der Waals surface area contributed by atoms with Gasteiger partial charge in [0, 0.05) is 18.1 Å². The number of fused-ring (bicyclic) bond motifs is 1. The number of amides is 1. The lowest BCUT2D eigenvalue weighted by atomic mass is 10.1. The molecular weight excluding hydrogens is 258 g/mol. The van der Waals surface area contributed by atoms with Crippen LogP contribution in [0.1, 0.15) is 11.1 Å². The lowest BCUT2D eigenvalue weighted by Crippen LogP contribution is -2.41.